The number of aryl methyl sites for hydroxylation is 1. The van der Waals surface area contributed by atoms with Crippen molar-refractivity contribution in [3.8, 4) is 5.88 Å². The van der Waals surface area contributed by atoms with Crippen molar-refractivity contribution in [3.63, 3.8) is 0 Å². The van der Waals surface area contributed by atoms with E-state index >= 15 is 0 Å². The Balaban J connectivity index is 1.99. The summed E-state index contributed by atoms with van der Waals surface area (Å²) in [7, 11) is 0. The average molecular weight is 343 g/mol. The molecule has 0 saturated heterocycles. The predicted octanol–water partition coefficient (Wildman–Crippen LogP) is 4.56. The van der Waals surface area contributed by atoms with Gasteiger partial charge in [0.15, 0.2) is 0 Å². The third kappa shape index (κ3) is 3.57. The summed E-state index contributed by atoms with van der Waals surface area (Å²) in [4.78, 5) is 13.3. The lowest BCUT2D eigenvalue weighted by atomic mass is 10.1. The number of anilines is 1. The molecule has 0 spiro atoms. The lowest BCUT2D eigenvalue weighted by Crippen LogP contribution is -2.10. The Labute approximate surface area is 146 Å². The van der Waals surface area contributed by atoms with Crippen LogP contribution in [0.5, 0.6) is 5.88 Å². The number of pyridine rings is 1. The van der Waals surface area contributed by atoms with E-state index in [2.05, 4.69) is 27.2 Å². The van der Waals surface area contributed by atoms with Crippen molar-refractivity contribution in [2.75, 3.05) is 11.9 Å². The van der Waals surface area contributed by atoms with Crippen LogP contribution < -0.4 is 10.1 Å². The number of halogens is 1. The molecule has 1 atom stereocenters. The van der Waals surface area contributed by atoms with Gasteiger partial charge in [-0.2, -0.15) is 0 Å². The van der Waals surface area contributed by atoms with Gasteiger partial charge in [-0.15, -0.1) is 0 Å². The summed E-state index contributed by atoms with van der Waals surface area (Å²) >= 11 is 6.09. The second kappa shape index (κ2) is 7.01. The molecule has 5 nitrogen and oxygen atoms in total. The van der Waals surface area contributed by atoms with Crippen molar-refractivity contribution in [2.45, 2.75) is 26.8 Å². The molecule has 124 valence electrons. The zero-order chi connectivity index (χ0) is 17.1. The molecule has 0 aliphatic rings. The van der Waals surface area contributed by atoms with Crippen LogP contribution in [0.3, 0.4) is 0 Å². The number of nitrogens with zero attached hydrogens (tertiary/aromatic N) is 3. The monoisotopic (exact) mass is 342 g/mol. The lowest BCUT2D eigenvalue weighted by Gasteiger charge is -2.17. The number of hydrogen-bond acceptors (Lipinski definition) is 5. The molecule has 0 bridgehead atoms. The summed E-state index contributed by atoms with van der Waals surface area (Å²) in [6.07, 6.45) is 1.71. The van der Waals surface area contributed by atoms with Gasteiger partial charge in [-0.1, -0.05) is 23.7 Å². The molecular weight excluding hydrogens is 324 g/mol. The van der Waals surface area contributed by atoms with Crippen LogP contribution in [0, 0.1) is 6.92 Å². The van der Waals surface area contributed by atoms with E-state index in [0.29, 0.717) is 23.3 Å². The molecule has 0 unspecified atom stereocenters. The first-order valence-corrected chi connectivity index (χ1v) is 8.24. The van der Waals surface area contributed by atoms with Gasteiger partial charge in [-0.3, -0.25) is 0 Å². The van der Waals surface area contributed by atoms with Gasteiger partial charge in [0.2, 0.25) is 5.88 Å². The maximum Gasteiger partial charge on any atom is 0.214 e. The molecule has 0 fully saturated rings. The van der Waals surface area contributed by atoms with Gasteiger partial charge >= 0.3 is 0 Å². The van der Waals surface area contributed by atoms with Crippen LogP contribution in [0.1, 0.15) is 31.3 Å². The van der Waals surface area contributed by atoms with Crippen molar-refractivity contribution < 1.29 is 4.74 Å². The highest BCUT2D eigenvalue weighted by Crippen LogP contribution is 2.27. The van der Waals surface area contributed by atoms with E-state index in [-0.39, 0.29) is 6.04 Å². The summed E-state index contributed by atoms with van der Waals surface area (Å²) in [6, 6.07) is 9.70. The molecule has 3 rings (SSSR count). The first kappa shape index (κ1) is 16.5. The third-order valence-electron chi connectivity index (χ3n) is 3.66. The normalized spacial score (nSPS) is 12.2. The van der Waals surface area contributed by atoms with Gasteiger partial charge in [0.05, 0.1) is 24.4 Å². The molecule has 24 heavy (non-hydrogen) atoms. The Kier molecular flexibility index (Phi) is 4.81. The molecular formula is C18H19ClN4O. The minimum Gasteiger partial charge on any atom is -0.478 e. The first-order valence-electron chi connectivity index (χ1n) is 7.86. The highest BCUT2D eigenvalue weighted by Gasteiger charge is 2.12. The van der Waals surface area contributed by atoms with E-state index in [4.69, 9.17) is 16.3 Å². The number of hydrogen-bond donors (Lipinski definition) is 1. The fourth-order valence-corrected chi connectivity index (χ4v) is 2.73. The molecule has 0 radical (unpaired) electrons. The smallest absolute Gasteiger partial charge is 0.214 e. The highest BCUT2D eigenvalue weighted by atomic mass is 35.5. The van der Waals surface area contributed by atoms with Crippen LogP contribution in [-0.2, 0) is 0 Å². The number of rotatable bonds is 5. The zero-order valence-corrected chi connectivity index (χ0v) is 14.6. The maximum atomic E-state index is 6.09. The number of nitrogens with one attached hydrogen (secondary N) is 1. The van der Waals surface area contributed by atoms with E-state index in [1.165, 1.54) is 0 Å². The Morgan fingerprint density at radius 2 is 2.08 bits per heavy atom. The summed E-state index contributed by atoms with van der Waals surface area (Å²) in [6.45, 7) is 6.43. The number of ether oxygens (including phenoxy) is 1. The fraction of sp³-hybridized carbons (Fsp3) is 0.278. The zero-order valence-electron chi connectivity index (χ0n) is 13.9. The summed E-state index contributed by atoms with van der Waals surface area (Å²) in [5.41, 5.74) is 1.87. The Hall–Kier alpha value is -2.40. The Morgan fingerprint density at radius 1 is 1.25 bits per heavy atom. The van der Waals surface area contributed by atoms with E-state index in [0.717, 1.165) is 22.3 Å². The Morgan fingerprint density at radius 3 is 2.83 bits per heavy atom. The quantitative estimate of drug-likeness (QED) is 0.736. The third-order valence-corrected chi connectivity index (χ3v) is 3.90. The first-order chi connectivity index (χ1) is 11.6. The van der Waals surface area contributed by atoms with Gasteiger partial charge in [0.1, 0.15) is 11.6 Å². The van der Waals surface area contributed by atoms with E-state index in [9.17, 15) is 0 Å². The van der Waals surface area contributed by atoms with Crippen LogP contribution in [0.25, 0.3) is 10.9 Å². The van der Waals surface area contributed by atoms with Crippen LogP contribution in [-0.4, -0.2) is 21.6 Å². The predicted molar refractivity (Wildman–Crippen MR) is 96.7 cm³/mol. The average Bonchev–Trinajstić information content (AvgIpc) is 2.55. The minimum absolute atomic E-state index is 0.0462. The van der Waals surface area contributed by atoms with E-state index in [1.807, 2.05) is 44.2 Å². The van der Waals surface area contributed by atoms with Crippen molar-refractivity contribution >= 4 is 28.3 Å². The largest absolute Gasteiger partial charge is 0.478 e. The molecule has 0 aliphatic carbocycles. The van der Waals surface area contributed by atoms with Gasteiger partial charge < -0.3 is 10.1 Å². The molecule has 2 heterocycles. The van der Waals surface area contributed by atoms with Gasteiger partial charge in [-0.25, -0.2) is 15.0 Å². The van der Waals surface area contributed by atoms with E-state index in [1.54, 1.807) is 6.20 Å². The summed E-state index contributed by atoms with van der Waals surface area (Å²) in [5, 5.41) is 5.04. The fourth-order valence-electron chi connectivity index (χ4n) is 2.53. The molecule has 1 N–H and O–H groups in total. The lowest BCUT2D eigenvalue weighted by molar-refractivity contribution is 0.327. The highest BCUT2D eigenvalue weighted by molar-refractivity contribution is 6.30. The second-order valence-electron chi connectivity index (χ2n) is 5.51. The Bertz CT molecular complexity index is 869. The van der Waals surface area contributed by atoms with Crippen LogP contribution in [0.2, 0.25) is 5.02 Å². The molecule has 1 aromatic carbocycles. The van der Waals surface area contributed by atoms with Crippen LogP contribution in [0.15, 0.2) is 36.5 Å². The second-order valence-corrected chi connectivity index (χ2v) is 5.95. The standard InChI is InChI=1S/C18H19ClN4O/c1-4-24-17-9-15-16(10-20-17)22-12(3)23-18(15)21-11(2)13-6-5-7-14(19)8-13/h5-11H,4H2,1-3H3,(H,21,22,23)/t11-/m1/s1. The van der Waals surface area contributed by atoms with Gasteiger partial charge in [0, 0.05) is 16.5 Å². The molecule has 6 heteroatoms. The van der Waals surface area contributed by atoms with Crippen molar-refractivity contribution in [3.05, 3.63) is 52.9 Å². The SMILES string of the molecule is CCOc1cc2c(N[C@H](C)c3cccc(Cl)c3)nc(C)nc2cn1. The maximum absolute atomic E-state index is 6.09. The van der Waals surface area contributed by atoms with Crippen molar-refractivity contribution in [1.82, 2.24) is 15.0 Å². The van der Waals surface area contributed by atoms with Crippen molar-refractivity contribution in [1.29, 1.82) is 0 Å². The minimum atomic E-state index is 0.0462. The number of aromatic nitrogens is 3. The van der Waals surface area contributed by atoms with E-state index < -0.39 is 0 Å². The topological polar surface area (TPSA) is 59.9 Å². The van der Waals surface area contributed by atoms with Gasteiger partial charge in [0.25, 0.3) is 0 Å². The summed E-state index contributed by atoms with van der Waals surface area (Å²) in [5.74, 6) is 2.01. The summed E-state index contributed by atoms with van der Waals surface area (Å²) < 4.78 is 5.49. The molecule has 0 amide bonds. The van der Waals surface area contributed by atoms with Crippen LogP contribution in [0.4, 0.5) is 5.82 Å². The molecule has 0 saturated carbocycles. The number of benzene rings is 1. The molecule has 2 aromatic heterocycles. The number of fused-ring (bicyclic) bond motifs is 1. The molecule has 0 aliphatic heterocycles. The van der Waals surface area contributed by atoms with Crippen molar-refractivity contribution in [2.24, 2.45) is 0 Å². The van der Waals surface area contributed by atoms with Crippen LogP contribution >= 0.6 is 11.6 Å². The molecule has 3 aromatic rings. The van der Waals surface area contributed by atoms with Gasteiger partial charge in [-0.05, 0) is 38.5 Å².